The zero-order valence-corrected chi connectivity index (χ0v) is 45.3. The number of halogens is 1. The molecule has 8 heterocycles. The number of nitrogens with zero attached hydrogens (tertiary/aromatic N) is 8. The Hall–Kier alpha value is -6.76. The Bertz CT molecular complexity index is 3290. The van der Waals surface area contributed by atoms with Crippen molar-refractivity contribution in [3.05, 3.63) is 101 Å². The smallest absolute Gasteiger partial charge is 0.319 e. The fourth-order valence-corrected chi connectivity index (χ4v) is 13.4. The van der Waals surface area contributed by atoms with E-state index in [0.29, 0.717) is 35.7 Å². The molecule has 77 heavy (non-hydrogen) atoms. The van der Waals surface area contributed by atoms with Crippen LogP contribution >= 0.6 is 11.3 Å². The number of thiazole rings is 1. The maximum atomic E-state index is 17.3. The van der Waals surface area contributed by atoms with Crippen LogP contribution < -0.4 is 19.7 Å². The summed E-state index contributed by atoms with van der Waals surface area (Å²) in [5.74, 6) is -1.00. The van der Waals surface area contributed by atoms with Crippen molar-refractivity contribution in [2.45, 2.75) is 135 Å². The molecule has 6 atom stereocenters. The number of likely N-dealkylation sites (tertiary alicyclic amines) is 1. The molecule has 404 valence electrons. The highest BCUT2D eigenvalue weighted by atomic mass is 32.1. The van der Waals surface area contributed by atoms with Gasteiger partial charge in [-0.15, -0.1) is 11.3 Å². The minimum Gasteiger partial charge on any atom is -0.508 e. The molecule has 11 rings (SSSR count). The molecule has 3 aromatic carbocycles. The first-order chi connectivity index (χ1) is 37.3. The van der Waals surface area contributed by atoms with Crippen LogP contribution in [0.5, 0.6) is 17.6 Å². The first kappa shape index (κ1) is 52.3. The van der Waals surface area contributed by atoms with Crippen LogP contribution in [0.15, 0.2) is 76.9 Å². The van der Waals surface area contributed by atoms with Crippen molar-refractivity contribution in [3.63, 3.8) is 0 Å². The lowest BCUT2D eigenvalue weighted by molar-refractivity contribution is -0.141. The molecule has 0 aliphatic carbocycles. The van der Waals surface area contributed by atoms with E-state index in [2.05, 4.69) is 32.2 Å². The number of phenols is 1. The van der Waals surface area contributed by atoms with Crippen LogP contribution in [0.1, 0.15) is 120 Å². The topological polar surface area (TPSA) is 192 Å². The van der Waals surface area contributed by atoms with Crippen LogP contribution in [0.25, 0.3) is 43.4 Å². The number of β-amino-alcohol motifs (C(OH)–C–C–N with tert-alkyl or cyclic N) is 1. The van der Waals surface area contributed by atoms with E-state index in [0.717, 1.165) is 115 Å². The largest absolute Gasteiger partial charge is 0.508 e. The zero-order chi connectivity index (χ0) is 53.5. The predicted octanol–water partition coefficient (Wildman–Crippen LogP) is 10.1. The van der Waals surface area contributed by atoms with Gasteiger partial charge in [-0.2, -0.15) is 9.97 Å². The molecule has 16 nitrogen and oxygen atoms in total. The highest BCUT2D eigenvalue weighted by Gasteiger charge is 2.50. The van der Waals surface area contributed by atoms with Crippen molar-refractivity contribution < 1.29 is 38.2 Å². The van der Waals surface area contributed by atoms with Crippen LogP contribution in [-0.4, -0.2) is 120 Å². The number of amides is 2. The highest BCUT2D eigenvalue weighted by molar-refractivity contribution is 7.13. The first-order valence-corrected chi connectivity index (χ1v) is 28.3. The van der Waals surface area contributed by atoms with Crippen LogP contribution in [0.3, 0.4) is 0 Å². The van der Waals surface area contributed by atoms with Gasteiger partial charge in [-0.3, -0.25) is 19.5 Å². The van der Waals surface area contributed by atoms with E-state index >= 15 is 4.39 Å². The van der Waals surface area contributed by atoms with Crippen molar-refractivity contribution in [1.29, 1.82) is 0 Å². The van der Waals surface area contributed by atoms with Crippen molar-refractivity contribution in [2.75, 3.05) is 44.3 Å². The number of fused-ring (bicyclic) bond motifs is 3. The van der Waals surface area contributed by atoms with Gasteiger partial charge in [-0.1, -0.05) is 76.1 Å². The number of carbonyl (C=O) groups is 2. The Morgan fingerprint density at radius 2 is 1.78 bits per heavy atom. The Morgan fingerprint density at radius 3 is 2.53 bits per heavy atom. The maximum Gasteiger partial charge on any atom is 0.319 e. The second kappa shape index (κ2) is 21.9. The highest BCUT2D eigenvalue weighted by Crippen LogP contribution is 2.44. The summed E-state index contributed by atoms with van der Waals surface area (Å²) < 4.78 is 36.1. The molecular weight excluding hydrogens is 998 g/mol. The summed E-state index contributed by atoms with van der Waals surface area (Å²) in [7, 11) is 0. The molecule has 4 fully saturated rings. The minimum atomic E-state index is -0.863. The number of nitrogens with one attached hydrogen (secondary N) is 1. The Kier molecular flexibility index (Phi) is 14.9. The molecule has 0 spiro atoms. The van der Waals surface area contributed by atoms with Gasteiger partial charge in [0.25, 0.3) is 5.88 Å². The van der Waals surface area contributed by atoms with Crippen LogP contribution in [0.2, 0.25) is 0 Å². The normalized spacial score (nSPS) is 21.7. The summed E-state index contributed by atoms with van der Waals surface area (Å²) in [5, 5.41) is 31.2. The predicted molar refractivity (Wildman–Crippen MR) is 294 cm³/mol. The summed E-state index contributed by atoms with van der Waals surface area (Å²) in [6.07, 6.45) is 9.44. The fraction of sp³-hybridized carbons (Fsp3) is 0.475. The summed E-state index contributed by atoms with van der Waals surface area (Å²) in [6.45, 7) is 12.9. The number of aliphatic hydroxyl groups excluding tert-OH is 1. The second-order valence-electron chi connectivity index (χ2n) is 21.9. The van der Waals surface area contributed by atoms with Gasteiger partial charge in [-0.25, -0.2) is 9.37 Å². The molecule has 18 heteroatoms. The molecule has 3 N–H and O–H groups in total. The number of aromatic nitrogens is 5. The molecule has 0 radical (unpaired) electrons. The van der Waals surface area contributed by atoms with Gasteiger partial charge in [0.1, 0.15) is 48.0 Å². The number of phenolic OH excluding ortho intramolecular Hbond substituents is 1. The monoisotopic (exact) mass is 1070 g/mol. The van der Waals surface area contributed by atoms with Crippen LogP contribution in [0.4, 0.5) is 10.2 Å². The van der Waals surface area contributed by atoms with Gasteiger partial charge in [0, 0.05) is 49.9 Å². The Morgan fingerprint density at radius 1 is 0.974 bits per heavy atom. The lowest BCUT2D eigenvalue weighted by Gasteiger charge is -2.34. The Labute approximate surface area is 452 Å². The summed E-state index contributed by atoms with van der Waals surface area (Å²) in [6, 6.07) is 17.8. The number of aromatic hydroxyl groups is 1. The molecule has 4 aliphatic heterocycles. The molecule has 2 amide bonds. The van der Waals surface area contributed by atoms with Gasteiger partial charge in [0.15, 0.2) is 11.6 Å². The minimum absolute atomic E-state index is 0.0254. The average Bonchev–Trinajstić information content (AvgIpc) is 4.34. The number of rotatable bonds is 16. The van der Waals surface area contributed by atoms with E-state index in [1.165, 1.54) is 4.90 Å². The third-order valence-corrected chi connectivity index (χ3v) is 17.5. The molecule has 0 saturated carbocycles. The van der Waals surface area contributed by atoms with Gasteiger partial charge in [0.2, 0.25) is 11.8 Å². The number of hydrogen-bond donors (Lipinski definition) is 3. The second-order valence-corrected chi connectivity index (χ2v) is 22.7. The number of anilines is 1. The van der Waals surface area contributed by atoms with E-state index in [9.17, 15) is 19.8 Å². The molecule has 4 aliphatic rings. The number of benzene rings is 3. The van der Waals surface area contributed by atoms with E-state index in [1.807, 2.05) is 75.7 Å². The molecule has 4 saturated heterocycles. The van der Waals surface area contributed by atoms with Crippen molar-refractivity contribution in [2.24, 2.45) is 5.92 Å². The number of carbonyl (C=O) groups excluding carboxylic acids is 2. The van der Waals surface area contributed by atoms with E-state index < -0.39 is 23.9 Å². The lowest BCUT2D eigenvalue weighted by atomic mass is 9.91. The van der Waals surface area contributed by atoms with Crippen molar-refractivity contribution >= 4 is 50.6 Å². The number of ether oxygens (including phenoxy) is 2. The van der Waals surface area contributed by atoms with Gasteiger partial charge in [0.05, 0.1) is 39.2 Å². The Balaban J connectivity index is 0.770. The SMILES string of the molecule is CCc1cccc2cc(O)cc(-c3ncc4c(N5CCCCCC5)nc(OC[C@@]56CCCN5[C@H](COc5cc(C(C(=O)N7C[C@H](O)C[C@H]7C(=O)N[C@@H](C)c7ccc(-c8scnc8C)cc7)C(C)C)on5)CC6)nc4c3F)c12. The third-order valence-electron chi connectivity index (χ3n) is 16.5. The van der Waals surface area contributed by atoms with E-state index in [1.54, 1.807) is 35.7 Å². The number of pyridine rings is 1. The van der Waals surface area contributed by atoms with Crippen molar-refractivity contribution in [3.8, 4) is 39.3 Å². The van der Waals surface area contributed by atoms with Gasteiger partial charge in [-0.05, 0) is 116 Å². The molecule has 4 aromatic heterocycles. The average molecular weight is 1070 g/mol. The van der Waals surface area contributed by atoms with Crippen LogP contribution in [-0.2, 0) is 16.0 Å². The van der Waals surface area contributed by atoms with Gasteiger partial charge >= 0.3 is 6.01 Å². The first-order valence-electron chi connectivity index (χ1n) is 27.4. The van der Waals surface area contributed by atoms with Crippen molar-refractivity contribution in [1.82, 2.24) is 40.2 Å². The molecule has 1 unspecified atom stereocenters. The van der Waals surface area contributed by atoms with Gasteiger partial charge < -0.3 is 39.3 Å². The fourth-order valence-electron chi connectivity index (χ4n) is 12.5. The zero-order valence-electron chi connectivity index (χ0n) is 44.5. The van der Waals surface area contributed by atoms with E-state index in [-0.39, 0.29) is 77.2 Å². The third kappa shape index (κ3) is 10.3. The van der Waals surface area contributed by atoms with E-state index in [4.69, 9.17) is 28.9 Å². The molecule has 0 bridgehead atoms. The lowest BCUT2D eigenvalue weighted by Crippen LogP contribution is -2.48. The summed E-state index contributed by atoms with van der Waals surface area (Å²) >= 11 is 1.58. The number of aliphatic hydroxyl groups is 1. The number of aryl methyl sites for hydroxylation is 2. The molecular formula is C59H68FN9O7S. The quantitative estimate of drug-likeness (QED) is 0.0828. The van der Waals surface area contributed by atoms with Crippen LogP contribution in [0, 0.1) is 18.7 Å². The molecule has 7 aromatic rings. The number of hydrogen-bond acceptors (Lipinski definition) is 15. The maximum absolute atomic E-state index is 17.3. The summed E-state index contributed by atoms with van der Waals surface area (Å²) in [4.78, 5) is 54.5. The standard InChI is InChI=1S/C59H68FN9O7S/c1-6-37-13-11-14-40-25-42(70)26-44(50(37)40)52-51(60)53-45(29-61-52)55(67-22-9-7-8-10-23-67)65-58(64-53)75-32-59-20-12-24-69(59)41(19-21-59)31-74-48-28-47(76-66-48)49(34(2)3)57(73)68-30-43(71)27-46(68)56(72)63-35(4)38-15-17-39(18-16-38)54-36(5)62-33-77-54/h11,13-18,25-26,28-29,33-35,41,43,46,49,70-71H,6-10,12,19-24,27,30-32H2,1-5H3,(H,63,72)/t35-,41-,43+,46-,49?,59-/m0/s1. The summed E-state index contributed by atoms with van der Waals surface area (Å²) in [5.41, 5.74) is 6.24.